The van der Waals surface area contributed by atoms with Gasteiger partial charge in [0.25, 0.3) is 0 Å². The topological polar surface area (TPSA) is 84.4 Å². The van der Waals surface area contributed by atoms with E-state index in [-0.39, 0.29) is 17.2 Å². The molecule has 0 spiro atoms. The number of hydrogen-bond acceptors (Lipinski definition) is 6. The van der Waals surface area contributed by atoms with Gasteiger partial charge in [-0.05, 0) is 43.5 Å². The minimum atomic E-state index is -3.81. The molecule has 0 amide bonds. The second-order valence-corrected chi connectivity index (χ2v) is 8.17. The Morgan fingerprint density at radius 1 is 1.23 bits per heavy atom. The average molecular weight is 397 g/mol. The fraction of sp³-hybridized carbons (Fsp3) is 0.412. The van der Waals surface area contributed by atoms with Crippen molar-refractivity contribution in [2.45, 2.75) is 30.7 Å². The van der Waals surface area contributed by atoms with E-state index in [0.29, 0.717) is 10.8 Å². The van der Waals surface area contributed by atoms with Crippen molar-refractivity contribution in [2.24, 2.45) is 0 Å². The Morgan fingerprint density at radius 3 is 2.73 bits per heavy atom. The molecule has 140 valence electrons. The third-order valence-electron chi connectivity index (χ3n) is 4.21. The summed E-state index contributed by atoms with van der Waals surface area (Å²) in [7, 11) is -2.40. The molecule has 1 fully saturated rings. The molecule has 7 nitrogen and oxygen atoms in total. The van der Waals surface area contributed by atoms with E-state index >= 15 is 0 Å². The second-order valence-electron chi connectivity index (χ2n) is 6.00. The Labute approximate surface area is 158 Å². The average Bonchev–Trinajstić information content (AvgIpc) is 2.67. The zero-order valence-electron chi connectivity index (χ0n) is 14.5. The van der Waals surface area contributed by atoms with Gasteiger partial charge in [0.05, 0.1) is 13.7 Å². The van der Waals surface area contributed by atoms with Gasteiger partial charge < -0.3 is 9.64 Å². The van der Waals surface area contributed by atoms with E-state index in [0.717, 1.165) is 31.7 Å². The molecule has 9 heteroatoms. The molecule has 1 aliphatic rings. The Balaban J connectivity index is 1.75. The van der Waals surface area contributed by atoms with Crippen molar-refractivity contribution < 1.29 is 13.2 Å². The van der Waals surface area contributed by atoms with Gasteiger partial charge in [-0.3, -0.25) is 0 Å². The lowest BCUT2D eigenvalue weighted by Gasteiger charge is -2.27. The van der Waals surface area contributed by atoms with Crippen LogP contribution in [0.5, 0.6) is 5.75 Å². The number of benzene rings is 1. The Bertz CT molecular complexity index is 870. The largest absolute Gasteiger partial charge is 0.495 e. The summed E-state index contributed by atoms with van der Waals surface area (Å²) < 4.78 is 32.9. The summed E-state index contributed by atoms with van der Waals surface area (Å²) >= 11 is 5.93. The highest BCUT2D eigenvalue weighted by Gasteiger charge is 2.20. The van der Waals surface area contributed by atoms with Crippen LogP contribution in [0.3, 0.4) is 0 Å². The maximum atomic E-state index is 12.6. The molecule has 1 aromatic heterocycles. The van der Waals surface area contributed by atoms with Crippen molar-refractivity contribution in [2.75, 3.05) is 25.1 Å². The molecule has 1 saturated heterocycles. The lowest BCUT2D eigenvalue weighted by Crippen LogP contribution is -2.31. The maximum Gasteiger partial charge on any atom is 0.244 e. The molecule has 2 aromatic rings. The number of hydrogen-bond donors (Lipinski definition) is 1. The van der Waals surface area contributed by atoms with Gasteiger partial charge in [-0.15, -0.1) is 0 Å². The summed E-state index contributed by atoms with van der Waals surface area (Å²) in [5.41, 5.74) is 0. The zero-order chi connectivity index (χ0) is 18.6. The third-order valence-corrected chi connectivity index (χ3v) is 5.86. The van der Waals surface area contributed by atoms with Gasteiger partial charge in [0.15, 0.2) is 0 Å². The molecule has 26 heavy (non-hydrogen) atoms. The molecule has 1 N–H and O–H groups in total. The number of ether oxygens (including phenoxy) is 1. The maximum absolute atomic E-state index is 12.6. The quantitative estimate of drug-likeness (QED) is 0.807. The SMILES string of the molecule is COc1ccc(Cl)cc1S(=O)(=O)NCc1nccc(N2CCCCC2)n1. The normalized spacial score (nSPS) is 15.1. The Kier molecular flexibility index (Phi) is 5.95. The summed E-state index contributed by atoms with van der Waals surface area (Å²) in [5.74, 6) is 1.47. The minimum Gasteiger partial charge on any atom is -0.495 e. The summed E-state index contributed by atoms with van der Waals surface area (Å²) in [5, 5.41) is 0.314. The minimum absolute atomic E-state index is 0.0142. The van der Waals surface area contributed by atoms with Crippen molar-refractivity contribution in [3.05, 3.63) is 41.3 Å². The smallest absolute Gasteiger partial charge is 0.244 e. The lowest BCUT2D eigenvalue weighted by molar-refractivity contribution is 0.402. The van der Waals surface area contributed by atoms with Gasteiger partial charge in [-0.2, -0.15) is 0 Å². The first-order chi connectivity index (χ1) is 12.5. The van der Waals surface area contributed by atoms with Crippen molar-refractivity contribution in [3.63, 3.8) is 0 Å². The van der Waals surface area contributed by atoms with Gasteiger partial charge in [-0.1, -0.05) is 11.6 Å². The summed E-state index contributed by atoms with van der Waals surface area (Å²) in [6.45, 7) is 1.91. The van der Waals surface area contributed by atoms with Crippen molar-refractivity contribution in [1.82, 2.24) is 14.7 Å². The van der Waals surface area contributed by atoms with Gasteiger partial charge in [-0.25, -0.2) is 23.1 Å². The molecule has 0 bridgehead atoms. The second kappa shape index (κ2) is 8.20. The first-order valence-electron chi connectivity index (χ1n) is 8.40. The van der Waals surface area contributed by atoms with Crippen LogP contribution in [0.2, 0.25) is 5.02 Å². The first-order valence-corrected chi connectivity index (χ1v) is 10.3. The molecule has 0 saturated carbocycles. The lowest BCUT2D eigenvalue weighted by atomic mass is 10.1. The Morgan fingerprint density at radius 2 is 2.00 bits per heavy atom. The van der Waals surface area contributed by atoms with Crippen molar-refractivity contribution in [3.8, 4) is 5.75 Å². The highest BCUT2D eigenvalue weighted by atomic mass is 35.5. The van der Waals surface area contributed by atoms with Gasteiger partial charge in [0.1, 0.15) is 22.3 Å². The van der Waals surface area contributed by atoms with Crippen LogP contribution in [0.15, 0.2) is 35.4 Å². The number of methoxy groups -OCH3 is 1. The number of rotatable bonds is 6. The zero-order valence-corrected chi connectivity index (χ0v) is 16.1. The standard InChI is InChI=1S/C17H21ClN4O3S/c1-25-14-6-5-13(18)11-15(14)26(23,24)20-12-16-19-8-7-17(21-16)22-9-3-2-4-10-22/h5-8,11,20H,2-4,9-10,12H2,1H3. The van der Waals surface area contributed by atoms with Crippen LogP contribution in [0, 0.1) is 0 Å². The van der Waals surface area contributed by atoms with E-state index in [1.807, 2.05) is 6.07 Å². The van der Waals surface area contributed by atoms with E-state index in [1.165, 1.54) is 25.7 Å². The van der Waals surface area contributed by atoms with Gasteiger partial charge >= 0.3 is 0 Å². The fourth-order valence-electron chi connectivity index (χ4n) is 2.87. The van der Waals surface area contributed by atoms with Crippen LogP contribution in [0.4, 0.5) is 5.82 Å². The molecule has 3 rings (SSSR count). The predicted octanol–water partition coefficient (Wildman–Crippen LogP) is 2.61. The molecule has 0 atom stereocenters. The molecule has 0 aliphatic carbocycles. The summed E-state index contributed by atoms with van der Waals surface area (Å²) in [4.78, 5) is 10.8. The Hall–Kier alpha value is -1.90. The van der Waals surface area contributed by atoms with Crippen molar-refractivity contribution in [1.29, 1.82) is 0 Å². The number of nitrogens with one attached hydrogen (secondary N) is 1. The summed E-state index contributed by atoms with van der Waals surface area (Å²) in [6, 6.07) is 6.30. The molecular weight excluding hydrogens is 376 g/mol. The van der Waals surface area contributed by atoms with E-state index in [2.05, 4.69) is 19.6 Å². The number of piperidine rings is 1. The van der Waals surface area contributed by atoms with E-state index in [1.54, 1.807) is 12.3 Å². The van der Waals surface area contributed by atoms with Crippen LogP contribution < -0.4 is 14.4 Å². The highest BCUT2D eigenvalue weighted by Crippen LogP contribution is 2.27. The van der Waals surface area contributed by atoms with Gasteiger partial charge in [0, 0.05) is 24.3 Å². The third kappa shape index (κ3) is 4.44. The molecule has 0 unspecified atom stereocenters. The van der Waals surface area contributed by atoms with Crippen molar-refractivity contribution >= 4 is 27.4 Å². The van der Waals surface area contributed by atoms with Crippen LogP contribution in [0.25, 0.3) is 0 Å². The van der Waals surface area contributed by atoms with Crippen LogP contribution in [0.1, 0.15) is 25.1 Å². The summed E-state index contributed by atoms with van der Waals surface area (Å²) in [6.07, 6.45) is 5.16. The predicted molar refractivity (Wildman–Crippen MR) is 100 cm³/mol. The molecule has 1 aliphatic heterocycles. The number of sulfonamides is 1. The van der Waals surface area contributed by atoms with Crippen LogP contribution in [-0.4, -0.2) is 38.6 Å². The van der Waals surface area contributed by atoms with Crippen LogP contribution in [-0.2, 0) is 16.6 Å². The molecule has 1 aromatic carbocycles. The van der Waals surface area contributed by atoms with E-state index in [4.69, 9.17) is 16.3 Å². The van der Waals surface area contributed by atoms with E-state index < -0.39 is 10.0 Å². The van der Waals surface area contributed by atoms with E-state index in [9.17, 15) is 8.42 Å². The first kappa shape index (κ1) is 18.9. The number of halogens is 1. The number of nitrogens with zero attached hydrogens (tertiary/aromatic N) is 3. The number of aromatic nitrogens is 2. The monoisotopic (exact) mass is 396 g/mol. The molecule has 2 heterocycles. The molecular formula is C17H21ClN4O3S. The number of anilines is 1. The van der Waals surface area contributed by atoms with Gasteiger partial charge in [0.2, 0.25) is 10.0 Å². The highest BCUT2D eigenvalue weighted by molar-refractivity contribution is 7.89. The fourth-order valence-corrected chi connectivity index (χ4v) is 4.28. The molecule has 0 radical (unpaired) electrons. The van der Waals surface area contributed by atoms with Crippen LogP contribution >= 0.6 is 11.6 Å².